The van der Waals surface area contributed by atoms with E-state index in [1.807, 2.05) is 61.5 Å². The summed E-state index contributed by atoms with van der Waals surface area (Å²) in [5.74, 6) is -0.0206. The zero-order valence-electron chi connectivity index (χ0n) is 16.4. The molecule has 3 aromatic rings. The van der Waals surface area contributed by atoms with Gasteiger partial charge in [-0.2, -0.15) is 0 Å². The first-order valence-corrected chi connectivity index (χ1v) is 10.5. The van der Waals surface area contributed by atoms with Crippen LogP contribution in [0.25, 0.3) is 6.08 Å². The summed E-state index contributed by atoms with van der Waals surface area (Å²) in [6.07, 6.45) is 1.64. The second-order valence-corrected chi connectivity index (χ2v) is 7.59. The van der Waals surface area contributed by atoms with E-state index in [4.69, 9.17) is 4.74 Å². The monoisotopic (exact) mass is 512 g/mol. The molecule has 2 N–H and O–H groups in total. The van der Waals surface area contributed by atoms with Crippen LogP contribution in [0.5, 0.6) is 5.75 Å². The third kappa shape index (κ3) is 6.18. The quantitative estimate of drug-likeness (QED) is 0.342. The molecule has 0 saturated heterocycles. The van der Waals surface area contributed by atoms with E-state index >= 15 is 0 Å². The van der Waals surface area contributed by atoms with Crippen LogP contribution in [-0.4, -0.2) is 18.4 Å². The molecule has 0 unspecified atom stereocenters. The molecule has 0 spiro atoms. The van der Waals surface area contributed by atoms with Crippen molar-refractivity contribution in [3.8, 4) is 5.75 Å². The van der Waals surface area contributed by atoms with Crippen molar-refractivity contribution < 1.29 is 14.3 Å². The standard InChI is InChI=1S/C24H21IN2O3/c1-2-30-21-14-8-17(9-15-21)16-22(27-23(28)18-6-4-3-5-7-18)24(29)26-20-12-10-19(25)11-13-20/h3-16H,2H2,1H3,(H,26,29)(H,27,28). The van der Waals surface area contributed by atoms with Gasteiger partial charge in [-0.3, -0.25) is 9.59 Å². The molecule has 0 heterocycles. The summed E-state index contributed by atoms with van der Waals surface area (Å²) < 4.78 is 6.52. The maximum Gasteiger partial charge on any atom is 0.272 e. The lowest BCUT2D eigenvalue weighted by Crippen LogP contribution is -2.30. The number of rotatable bonds is 7. The number of halogens is 1. The Bertz CT molecular complexity index is 1030. The van der Waals surface area contributed by atoms with Gasteiger partial charge in [-0.25, -0.2) is 0 Å². The first-order valence-electron chi connectivity index (χ1n) is 9.43. The van der Waals surface area contributed by atoms with E-state index in [9.17, 15) is 9.59 Å². The smallest absolute Gasteiger partial charge is 0.272 e. The Labute approximate surface area is 189 Å². The third-order valence-electron chi connectivity index (χ3n) is 4.13. The van der Waals surface area contributed by atoms with Gasteiger partial charge in [0.1, 0.15) is 11.4 Å². The van der Waals surface area contributed by atoms with Crippen LogP contribution >= 0.6 is 22.6 Å². The number of hydrogen-bond acceptors (Lipinski definition) is 3. The normalized spacial score (nSPS) is 10.9. The number of benzene rings is 3. The molecule has 0 radical (unpaired) electrons. The Morgan fingerprint density at radius 1 is 0.933 bits per heavy atom. The lowest BCUT2D eigenvalue weighted by atomic mass is 10.1. The van der Waals surface area contributed by atoms with Gasteiger partial charge in [-0.1, -0.05) is 30.3 Å². The van der Waals surface area contributed by atoms with E-state index < -0.39 is 5.91 Å². The first-order chi connectivity index (χ1) is 14.5. The molecule has 2 amide bonds. The summed E-state index contributed by atoms with van der Waals surface area (Å²) in [6.45, 7) is 2.49. The molecule has 6 heteroatoms. The van der Waals surface area contributed by atoms with Crippen molar-refractivity contribution in [2.75, 3.05) is 11.9 Å². The van der Waals surface area contributed by atoms with Crippen molar-refractivity contribution in [2.24, 2.45) is 0 Å². The summed E-state index contributed by atoms with van der Waals surface area (Å²) in [7, 11) is 0. The molecular formula is C24H21IN2O3. The van der Waals surface area contributed by atoms with Gasteiger partial charge < -0.3 is 15.4 Å². The number of amides is 2. The van der Waals surface area contributed by atoms with Crippen molar-refractivity contribution in [1.82, 2.24) is 5.32 Å². The topological polar surface area (TPSA) is 67.4 Å². The highest BCUT2D eigenvalue weighted by atomic mass is 127. The van der Waals surface area contributed by atoms with E-state index in [0.29, 0.717) is 17.9 Å². The van der Waals surface area contributed by atoms with E-state index in [0.717, 1.165) is 14.9 Å². The van der Waals surface area contributed by atoms with E-state index in [2.05, 4.69) is 33.2 Å². The summed E-state index contributed by atoms with van der Waals surface area (Å²) in [4.78, 5) is 25.6. The fourth-order valence-electron chi connectivity index (χ4n) is 2.67. The highest BCUT2D eigenvalue weighted by Crippen LogP contribution is 2.16. The molecule has 3 rings (SSSR count). The molecule has 0 aliphatic rings. The summed E-state index contributed by atoms with van der Waals surface area (Å²) in [6, 6.07) is 23.5. The Hall–Kier alpha value is -3.13. The molecule has 0 aromatic heterocycles. The molecule has 0 aliphatic carbocycles. The predicted molar refractivity (Wildman–Crippen MR) is 127 cm³/mol. The van der Waals surface area contributed by atoms with Crippen molar-refractivity contribution in [2.45, 2.75) is 6.92 Å². The number of ether oxygens (including phenoxy) is 1. The number of carbonyl (C=O) groups is 2. The Morgan fingerprint density at radius 2 is 1.60 bits per heavy atom. The van der Waals surface area contributed by atoms with Crippen LogP contribution in [0.1, 0.15) is 22.8 Å². The van der Waals surface area contributed by atoms with E-state index in [1.165, 1.54) is 0 Å². The van der Waals surface area contributed by atoms with Crippen LogP contribution in [0.4, 0.5) is 5.69 Å². The minimum atomic E-state index is -0.408. The molecule has 152 valence electrons. The molecule has 0 fully saturated rings. The van der Waals surface area contributed by atoms with Gasteiger partial charge in [-0.15, -0.1) is 0 Å². The van der Waals surface area contributed by atoms with Gasteiger partial charge >= 0.3 is 0 Å². The summed E-state index contributed by atoms with van der Waals surface area (Å²) in [5, 5.41) is 5.56. The van der Waals surface area contributed by atoms with Crippen LogP contribution in [0.2, 0.25) is 0 Å². The van der Waals surface area contributed by atoms with Crippen molar-refractivity contribution in [1.29, 1.82) is 0 Å². The molecule has 0 saturated carbocycles. The van der Waals surface area contributed by atoms with Crippen LogP contribution in [-0.2, 0) is 4.79 Å². The van der Waals surface area contributed by atoms with Crippen LogP contribution in [0.3, 0.4) is 0 Å². The average molecular weight is 512 g/mol. The average Bonchev–Trinajstić information content (AvgIpc) is 2.77. The minimum Gasteiger partial charge on any atom is -0.494 e. The maximum absolute atomic E-state index is 12.9. The number of hydrogen-bond donors (Lipinski definition) is 2. The van der Waals surface area contributed by atoms with Crippen LogP contribution < -0.4 is 15.4 Å². The van der Waals surface area contributed by atoms with Gasteiger partial charge in [-0.05, 0) is 89.7 Å². The van der Waals surface area contributed by atoms with Crippen molar-refractivity contribution in [3.05, 3.63) is 99.3 Å². The molecule has 5 nitrogen and oxygen atoms in total. The zero-order chi connectivity index (χ0) is 21.3. The maximum atomic E-state index is 12.9. The lowest BCUT2D eigenvalue weighted by Gasteiger charge is -2.12. The van der Waals surface area contributed by atoms with Crippen LogP contribution in [0, 0.1) is 3.57 Å². The first kappa shape index (κ1) is 21.6. The third-order valence-corrected chi connectivity index (χ3v) is 4.85. The second kappa shape index (κ2) is 10.6. The van der Waals surface area contributed by atoms with Gasteiger partial charge in [0.15, 0.2) is 0 Å². The van der Waals surface area contributed by atoms with Gasteiger partial charge in [0.2, 0.25) is 0 Å². The predicted octanol–water partition coefficient (Wildman–Crippen LogP) is 5.10. The molecule has 3 aromatic carbocycles. The minimum absolute atomic E-state index is 0.145. The summed E-state index contributed by atoms with van der Waals surface area (Å²) in [5.41, 5.74) is 2.02. The highest BCUT2D eigenvalue weighted by molar-refractivity contribution is 14.1. The molecule has 0 bridgehead atoms. The number of nitrogens with one attached hydrogen (secondary N) is 2. The zero-order valence-corrected chi connectivity index (χ0v) is 18.6. The fourth-order valence-corrected chi connectivity index (χ4v) is 3.03. The van der Waals surface area contributed by atoms with E-state index in [-0.39, 0.29) is 11.6 Å². The summed E-state index contributed by atoms with van der Waals surface area (Å²) >= 11 is 2.20. The lowest BCUT2D eigenvalue weighted by molar-refractivity contribution is -0.113. The second-order valence-electron chi connectivity index (χ2n) is 6.34. The van der Waals surface area contributed by atoms with Crippen molar-refractivity contribution >= 4 is 46.2 Å². The Balaban J connectivity index is 1.85. The van der Waals surface area contributed by atoms with Gasteiger partial charge in [0.05, 0.1) is 6.61 Å². The Kier molecular flexibility index (Phi) is 7.62. The molecule has 0 atom stereocenters. The fraction of sp³-hybridized carbons (Fsp3) is 0.0833. The molecule has 0 aliphatic heterocycles. The number of anilines is 1. The Morgan fingerprint density at radius 3 is 2.23 bits per heavy atom. The van der Waals surface area contributed by atoms with Crippen molar-refractivity contribution in [3.63, 3.8) is 0 Å². The largest absolute Gasteiger partial charge is 0.494 e. The SMILES string of the molecule is CCOc1ccc(C=C(NC(=O)c2ccccc2)C(=O)Nc2ccc(I)cc2)cc1. The number of carbonyl (C=O) groups excluding carboxylic acids is 2. The van der Waals surface area contributed by atoms with Crippen LogP contribution in [0.15, 0.2) is 84.6 Å². The highest BCUT2D eigenvalue weighted by Gasteiger charge is 2.15. The van der Waals surface area contributed by atoms with Gasteiger partial charge in [0, 0.05) is 14.8 Å². The molecular weight excluding hydrogens is 491 g/mol. The molecule has 30 heavy (non-hydrogen) atoms. The van der Waals surface area contributed by atoms with E-state index in [1.54, 1.807) is 30.3 Å². The van der Waals surface area contributed by atoms with Gasteiger partial charge in [0.25, 0.3) is 11.8 Å².